The van der Waals surface area contributed by atoms with E-state index in [1.807, 2.05) is 0 Å². The number of hydrogen-bond acceptors (Lipinski definition) is 4. The standard InChI is InChI=1S/C14H13ClN2O4/c1-16-13(18)8-2-3-11(15)12(5-8)17-6-10-4-9(7-21-10)14(19)20/h2-5,7,17H,6H2,1H3,(H,16,18)(H,19,20). The van der Waals surface area contributed by atoms with E-state index < -0.39 is 5.97 Å². The van der Waals surface area contributed by atoms with Crippen LogP contribution in [-0.4, -0.2) is 24.0 Å². The molecule has 6 nitrogen and oxygen atoms in total. The van der Waals surface area contributed by atoms with Gasteiger partial charge in [0.2, 0.25) is 0 Å². The van der Waals surface area contributed by atoms with Crippen LogP contribution in [0.4, 0.5) is 5.69 Å². The maximum Gasteiger partial charge on any atom is 0.338 e. The van der Waals surface area contributed by atoms with E-state index in [4.69, 9.17) is 21.1 Å². The Kier molecular flexibility index (Phi) is 4.49. The fraction of sp³-hybridized carbons (Fsp3) is 0.143. The third kappa shape index (κ3) is 3.55. The molecule has 2 rings (SSSR count). The molecule has 0 unspecified atom stereocenters. The van der Waals surface area contributed by atoms with E-state index in [1.165, 1.54) is 12.3 Å². The predicted octanol–water partition coefficient (Wildman–Crippen LogP) is 2.60. The number of amides is 1. The Hall–Kier alpha value is -2.47. The van der Waals surface area contributed by atoms with Crippen LogP contribution < -0.4 is 10.6 Å². The Morgan fingerprint density at radius 3 is 2.67 bits per heavy atom. The van der Waals surface area contributed by atoms with E-state index in [0.29, 0.717) is 22.0 Å². The van der Waals surface area contributed by atoms with E-state index in [2.05, 4.69) is 10.6 Å². The molecule has 0 bridgehead atoms. The maximum absolute atomic E-state index is 11.6. The number of furan rings is 1. The number of carboxylic acid groups (broad SMARTS) is 1. The second-order valence-electron chi connectivity index (χ2n) is 4.23. The highest BCUT2D eigenvalue weighted by molar-refractivity contribution is 6.33. The summed E-state index contributed by atoms with van der Waals surface area (Å²) in [7, 11) is 1.54. The molecule has 7 heteroatoms. The van der Waals surface area contributed by atoms with Gasteiger partial charge in [-0.3, -0.25) is 4.79 Å². The van der Waals surface area contributed by atoms with E-state index in [9.17, 15) is 9.59 Å². The summed E-state index contributed by atoms with van der Waals surface area (Å²) >= 11 is 6.05. The average Bonchev–Trinajstić information content (AvgIpc) is 2.94. The SMILES string of the molecule is CNC(=O)c1ccc(Cl)c(NCc2cc(C(=O)O)co2)c1. The molecule has 110 valence electrons. The van der Waals surface area contributed by atoms with Gasteiger partial charge in [0.05, 0.1) is 22.8 Å². The summed E-state index contributed by atoms with van der Waals surface area (Å²) in [6.45, 7) is 0.254. The van der Waals surface area contributed by atoms with Gasteiger partial charge in [-0.25, -0.2) is 4.79 Å². The molecule has 0 radical (unpaired) electrons. The normalized spacial score (nSPS) is 10.2. The first-order valence-electron chi connectivity index (χ1n) is 6.07. The molecular weight excluding hydrogens is 296 g/mol. The Bertz CT molecular complexity index is 681. The predicted molar refractivity (Wildman–Crippen MR) is 77.8 cm³/mol. The van der Waals surface area contributed by atoms with E-state index in [-0.39, 0.29) is 18.0 Å². The molecule has 1 aromatic heterocycles. The molecule has 3 N–H and O–H groups in total. The summed E-state index contributed by atoms with van der Waals surface area (Å²) in [6, 6.07) is 6.26. The lowest BCUT2D eigenvalue weighted by molar-refractivity contribution is 0.0696. The number of aromatic carboxylic acids is 1. The van der Waals surface area contributed by atoms with Gasteiger partial charge in [0.25, 0.3) is 5.91 Å². The van der Waals surface area contributed by atoms with Crippen LogP contribution in [0.2, 0.25) is 5.02 Å². The van der Waals surface area contributed by atoms with Crippen molar-refractivity contribution in [3.8, 4) is 0 Å². The van der Waals surface area contributed by atoms with Crippen LogP contribution in [-0.2, 0) is 6.54 Å². The Morgan fingerprint density at radius 1 is 1.29 bits per heavy atom. The minimum absolute atomic E-state index is 0.0806. The van der Waals surface area contributed by atoms with Gasteiger partial charge in [-0.05, 0) is 24.3 Å². The topological polar surface area (TPSA) is 91.6 Å². The first-order valence-corrected chi connectivity index (χ1v) is 6.45. The van der Waals surface area contributed by atoms with Crippen LogP contribution in [0.3, 0.4) is 0 Å². The van der Waals surface area contributed by atoms with Crippen LogP contribution in [0.5, 0.6) is 0 Å². The molecular formula is C14H13ClN2O4. The molecule has 1 heterocycles. The summed E-state index contributed by atoms with van der Waals surface area (Å²) in [5.74, 6) is -0.820. The minimum atomic E-state index is -1.05. The summed E-state index contributed by atoms with van der Waals surface area (Å²) < 4.78 is 5.12. The Labute approximate surface area is 125 Å². The molecule has 21 heavy (non-hydrogen) atoms. The lowest BCUT2D eigenvalue weighted by Crippen LogP contribution is -2.17. The van der Waals surface area contributed by atoms with Gasteiger partial charge in [0.1, 0.15) is 12.0 Å². The fourth-order valence-electron chi connectivity index (χ4n) is 1.71. The first-order chi connectivity index (χ1) is 10.0. The smallest absolute Gasteiger partial charge is 0.338 e. The van der Waals surface area contributed by atoms with Gasteiger partial charge in [-0.1, -0.05) is 11.6 Å². The number of carboxylic acids is 1. The van der Waals surface area contributed by atoms with E-state index >= 15 is 0 Å². The fourth-order valence-corrected chi connectivity index (χ4v) is 1.90. The minimum Gasteiger partial charge on any atom is -0.478 e. The highest BCUT2D eigenvalue weighted by atomic mass is 35.5. The van der Waals surface area contributed by atoms with Crippen molar-refractivity contribution >= 4 is 29.2 Å². The van der Waals surface area contributed by atoms with E-state index in [1.54, 1.807) is 25.2 Å². The molecule has 0 aliphatic rings. The zero-order valence-electron chi connectivity index (χ0n) is 11.1. The summed E-state index contributed by atoms with van der Waals surface area (Å²) in [6.07, 6.45) is 1.17. The summed E-state index contributed by atoms with van der Waals surface area (Å²) in [4.78, 5) is 22.3. The molecule has 1 aromatic carbocycles. The van der Waals surface area contributed by atoms with Crippen molar-refractivity contribution in [2.24, 2.45) is 0 Å². The highest BCUT2D eigenvalue weighted by Crippen LogP contribution is 2.24. The van der Waals surface area contributed by atoms with Gasteiger partial charge in [-0.15, -0.1) is 0 Å². The number of hydrogen-bond donors (Lipinski definition) is 3. The number of carbonyl (C=O) groups is 2. The number of nitrogens with one attached hydrogen (secondary N) is 2. The third-order valence-electron chi connectivity index (χ3n) is 2.81. The summed E-state index contributed by atoms with van der Waals surface area (Å²) in [5, 5.41) is 14.8. The van der Waals surface area contributed by atoms with Crippen molar-refractivity contribution in [1.82, 2.24) is 5.32 Å². The molecule has 0 atom stereocenters. The van der Waals surface area contributed by atoms with Gasteiger partial charge < -0.3 is 20.2 Å². The molecule has 0 saturated heterocycles. The number of carbonyl (C=O) groups excluding carboxylic acids is 1. The lowest BCUT2D eigenvalue weighted by Gasteiger charge is -2.08. The molecule has 0 aliphatic carbocycles. The molecule has 0 aliphatic heterocycles. The molecule has 0 spiro atoms. The van der Waals surface area contributed by atoms with Crippen LogP contribution in [0.15, 0.2) is 34.9 Å². The Morgan fingerprint density at radius 2 is 2.05 bits per heavy atom. The zero-order chi connectivity index (χ0) is 15.4. The van der Waals surface area contributed by atoms with Crippen LogP contribution in [0.1, 0.15) is 26.5 Å². The molecule has 2 aromatic rings. The number of rotatable bonds is 5. The van der Waals surface area contributed by atoms with Crippen LogP contribution >= 0.6 is 11.6 Å². The quantitative estimate of drug-likeness (QED) is 0.789. The number of halogens is 1. The zero-order valence-corrected chi connectivity index (χ0v) is 11.9. The molecule has 0 saturated carbocycles. The largest absolute Gasteiger partial charge is 0.478 e. The van der Waals surface area contributed by atoms with Crippen molar-refractivity contribution in [2.45, 2.75) is 6.54 Å². The number of anilines is 1. The monoisotopic (exact) mass is 308 g/mol. The second-order valence-corrected chi connectivity index (χ2v) is 4.64. The van der Waals surface area contributed by atoms with E-state index in [0.717, 1.165) is 0 Å². The highest BCUT2D eigenvalue weighted by Gasteiger charge is 2.10. The first kappa shape index (κ1) is 14.9. The summed E-state index contributed by atoms with van der Waals surface area (Å²) in [5.41, 5.74) is 1.11. The second kappa shape index (κ2) is 6.32. The van der Waals surface area contributed by atoms with Gasteiger partial charge in [0.15, 0.2) is 0 Å². The average molecular weight is 309 g/mol. The van der Waals surface area contributed by atoms with Crippen LogP contribution in [0, 0.1) is 0 Å². The van der Waals surface area contributed by atoms with Crippen LogP contribution in [0.25, 0.3) is 0 Å². The van der Waals surface area contributed by atoms with Gasteiger partial charge >= 0.3 is 5.97 Å². The Balaban J connectivity index is 2.11. The third-order valence-corrected chi connectivity index (χ3v) is 3.14. The van der Waals surface area contributed by atoms with Crippen molar-refractivity contribution in [1.29, 1.82) is 0 Å². The van der Waals surface area contributed by atoms with Crippen molar-refractivity contribution in [3.05, 3.63) is 52.4 Å². The lowest BCUT2D eigenvalue weighted by atomic mass is 10.2. The van der Waals surface area contributed by atoms with Crippen molar-refractivity contribution < 1.29 is 19.1 Å². The van der Waals surface area contributed by atoms with Gasteiger partial charge in [0, 0.05) is 12.6 Å². The number of benzene rings is 1. The maximum atomic E-state index is 11.6. The molecule has 1 amide bonds. The van der Waals surface area contributed by atoms with Gasteiger partial charge in [-0.2, -0.15) is 0 Å². The van der Waals surface area contributed by atoms with Crippen molar-refractivity contribution in [3.63, 3.8) is 0 Å². The molecule has 0 fully saturated rings. The van der Waals surface area contributed by atoms with Crippen molar-refractivity contribution in [2.75, 3.05) is 12.4 Å².